The van der Waals surface area contributed by atoms with Gasteiger partial charge in [-0.15, -0.1) is 11.3 Å². The van der Waals surface area contributed by atoms with Crippen molar-refractivity contribution in [3.63, 3.8) is 0 Å². The number of carboxylic acid groups (broad SMARTS) is 1. The van der Waals surface area contributed by atoms with Crippen molar-refractivity contribution in [3.05, 3.63) is 101 Å². The first-order valence-electron chi connectivity index (χ1n) is 12.5. The summed E-state index contributed by atoms with van der Waals surface area (Å²) < 4.78 is 0. The highest BCUT2D eigenvalue weighted by Gasteiger charge is 2.22. The van der Waals surface area contributed by atoms with Gasteiger partial charge in [-0.3, -0.25) is 4.79 Å². The quantitative estimate of drug-likeness (QED) is 0.206. The maximum atomic E-state index is 10.9. The Balaban J connectivity index is 1.78. The standard InChI is InChI=1S/C32H32O4S/c1-21(2)31-28(18-17-26(33)19-27(34)20-29(35)36)30(32(37-31)25-11-7-4-8-12-25)24-15-13-23(14-16-24)22-9-5-3-6-10-22/h3-18,21,26-27,33-34H,19-20H2,1-2H3,(H,35,36)/b18-17+/t26-,27-/m1/s1. The van der Waals surface area contributed by atoms with Crippen molar-refractivity contribution in [3.8, 4) is 32.7 Å². The predicted octanol–water partition coefficient (Wildman–Crippen LogP) is 7.47. The van der Waals surface area contributed by atoms with Crippen LogP contribution in [0.3, 0.4) is 0 Å². The molecule has 0 aliphatic carbocycles. The maximum Gasteiger partial charge on any atom is 0.305 e. The molecule has 0 unspecified atom stereocenters. The van der Waals surface area contributed by atoms with Crippen LogP contribution in [0.25, 0.3) is 38.8 Å². The molecule has 0 saturated heterocycles. The highest BCUT2D eigenvalue weighted by atomic mass is 32.1. The van der Waals surface area contributed by atoms with E-state index in [1.54, 1.807) is 17.4 Å². The molecule has 190 valence electrons. The minimum atomic E-state index is -1.10. The number of carbonyl (C=O) groups is 1. The zero-order chi connectivity index (χ0) is 26.4. The van der Waals surface area contributed by atoms with Gasteiger partial charge < -0.3 is 15.3 Å². The van der Waals surface area contributed by atoms with Gasteiger partial charge in [0, 0.05) is 21.7 Å². The Morgan fingerprint density at radius 3 is 1.92 bits per heavy atom. The van der Waals surface area contributed by atoms with Gasteiger partial charge in [0.25, 0.3) is 0 Å². The van der Waals surface area contributed by atoms with Gasteiger partial charge in [-0.1, -0.05) is 111 Å². The summed E-state index contributed by atoms with van der Waals surface area (Å²) in [6.45, 7) is 4.32. The van der Waals surface area contributed by atoms with Crippen LogP contribution in [0.15, 0.2) is 91.0 Å². The lowest BCUT2D eigenvalue weighted by molar-refractivity contribution is -0.139. The fourth-order valence-electron chi connectivity index (χ4n) is 4.44. The van der Waals surface area contributed by atoms with E-state index in [1.807, 2.05) is 42.5 Å². The van der Waals surface area contributed by atoms with Crippen LogP contribution < -0.4 is 0 Å². The summed E-state index contributed by atoms with van der Waals surface area (Å²) in [5.74, 6) is -0.823. The first-order valence-corrected chi connectivity index (χ1v) is 13.3. The Bertz CT molecular complexity index is 1340. The van der Waals surface area contributed by atoms with Crippen LogP contribution in [0, 0.1) is 0 Å². The second-order valence-electron chi connectivity index (χ2n) is 9.46. The van der Waals surface area contributed by atoms with Gasteiger partial charge >= 0.3 is 5.97 Å². The van der Waals surface area contributed by atoms with Gasteiger partial charge in [0.05, 0.1) is 18.6 Å². The largest absolute Gasteiger partial charge is 0.481 e. The predicted molar refractivity (Wildman–Crippen MR) is 153 cm³/mol. The number of hydrogen-bond donors (Lipinski definition) is 3. The van der Waals surface area contributed by atoms with Crippen LogP contribution >= 0.6 is 11.3 Å². The Labute approximate surface area is 222 Å². The molecule has 3 N–H and O–H groups in total. The molecule has 0 spiro atoms. The molecule has 1 heterocycles. The fraction of sp³-hybridized carbons (Fsp3) is 0.219. The number of benzene rings is 3. The van der Waals surface area contributed by atoms with Crippen LogP contribution in [0.1, 0.15) is 43.0 Å². The highest BCUT2D eigenvalue weighted by Crippen LogP contribution is 2.46. The van der Waals surface area contributed by atoms with E-state index in [2.05, 4.69) is 62.4 Å². The van der Waals surface area contributed by atoms with E-state index >= 15 is 0 Å². The highest BCUT2D eigenvalue weighted by molar-refractivity contribution is 7.16. The lowest BCUT2D eigenvalue weighted by Crippen LogP contribution is -2.19. The first-order chi connectivity index (χ1) is 17.8. The Morgan fingerprint density at radius 1 is 0.811 bits per heavy atom. The van der Waals surface area contributed by atoms with Gasteiger partial charge in [-0.2, -0.15) is 0 Å². The molecule has 4 aromatic rings. The van der Waals surface area contributed by atoms with Crippen LogP contribution in [0.4, 0.5) is 0 Å². The van der Waals surface area contributed by atoms with Gasteiger partial charge in [-0.05, 0) is 33.7 Å². The Morgan fingerprint density at radius 2 is 1.35 bits per heavy atom. The van der Waals surface area contributed by atoms with Crippen molar-refractivity contribution >= 4 is 23.4 Å². The van der Waals surface area contributed by atoms with Crippen molar-refractivity contribution in [1.29, 1.82) is 0 Å². The number of aliphatic hydroxyl groups excluding tert-OH is 2. The summed E-state index contributed by atoms with van der Waals surface area (Å²) in [6, 6.07) is 29.1. The summed E-state index contributed by atoms with van der Waals surface area (Å²) in [4.78, 5) is 13.3. The number of hydrogen-bond acceptors (Lipinski definition) is 4. The van der Waals surface area contributed by atoms with Crippen molar-refractivity contribution < 1.29 is 20.1 Å². The molecule has 2 atom stereocenters. The Kier molecular flexibility index (Phi) is 8.72. The molecule has 0 amide bonds. The third kappa shape index (κ3) is 6.63. The molecule has 0 fully saturated rings. The summed E-state index contributed by atoms with van der Waals surface area (Å²) in [7, 11) is 0. The number of aliphatic hydroxyl groups is 2. The minimum Gasteiger partial charge on any atom is -0.481 e. The monoisotopic (exact) mass is 512 g/mol. The van der Waals surface area contributed by atoms with Crippen LogP contribution in [-0.2, 0) is 4.79 Å². The number of thiophene rings is 1. The molecule has 0 bridgehead atoms. The molecule has 0 saturated carbocycles. The minimum absolute atomic E-state index is 0.0312. The van der Waals surface area contributed by atoms with Crippen molar-refractivity contribution in [2.45, 2.75) is 44.8 Å². The molecule has 4 nitrogen and oxygen atoms in total. The van der Waals surface area contributed by atoms with Gasteiger partial charge in [0.1, 0.15) is 0 Å². The molecule has 1 aromatic heterocycles. The average molecular weight is 513 g/mol. The number of aliphatic carboxylic acids is 1. The van der Waals surface area contributed by atoms with Crippen LogP contribution in [0.5, 0.6) is 0 Å². The molecule has 3 aromatic carbocycles. The van der Waals surface area contributed by atoms with Crippen molar-refractivity contribution in [2.75, 3.05) is 0 Å². The molecule has 0 aliphatic heterocycles. The third-order valence-electron chi connectivity index (χ3n) is 6.22. The van der Waals surface area contributed by atoms with Crippen molar-refractivity contribution in [1.82, 2.24) is 0 Å². The van der Waals surface area contributed by atoms with Gasteiger partial charge in [0.2, 0.25) is 0 Å². The van der Waals surface area contributed by atoms with E-state index in [1.165, 1.54) is 4.88 Å². The topological polar surface area (TPSA) is 77.8 Å². The zero-order valence-corrected chi connectivity index (χ0v) is 21.9. The summed E-state index contributed by atoms with van der Waals surface area (Å²) in [5.41, 5.74) is 6.67. The number of carboxylic acids is 1. The molecular weight excluding hydrogens is 480 g/mol. The SMILES string of the molecule is CC(C)c1sc(-c2ccccc2)c(-c2ccc(-c3ccccc3)cc2)c1/C=C/[C@@H](O)C[C@@H](O)CC(=O)O. The third-order valence-corrected chi connectivity index (χ3v) is 7.78. The van der Waals surface area contributed by atoms with Crippen molar-refractivity contribution in [2.24, 2.45) is 0 Å². The van der Waals surface area contributed by atoms with Gasteiger partial charge in [0.15, 0.2) is 0 Å². The molecular formula is C32H32O4S. The van der Waals surface area contributed by atoms with E-state index in [-0.39, 0.29) is 12.3 Å². The summed E-state index contributed by atoms with van der Waals surface area (Å²) in [6.07, 6.45) is 1.11. The van der Waals surface area contributed by atoms with E-state index in [9.17, 15) is 15.0 Å². The lowest BCUT2D eigenvalue weighted by Gasteiger charge is -2.12. The zero-order valence-electron chi connectivity index (χ0n) is 21.0. The summed E-state index contributed by atoms with van der Waals surface area (Å²) >= 11 is 1.76. The second-order valence-corrected chi connectivity index (χ2v) is 10.5. The normalized spacial score (nSPS) is 13.2. The molecule has 37 heavy (non-hydrogen) atoms. The Hall–Kier alpha value is -3.51. The van der Waals surface area contributed by atoms with E-state index in [4.69, 9.17) is 5.11 Å². The van der Waals surface area contributed by atoms with E-state index in [0.29, 0.717) is 0 Å². The molecule has 0 radical (unpaired) electrons. The smallest absolute Gasteiger partial charge is 0.305 e. The maximum absolute atomic E-state index is 10.9. The van der Waals surface area contributed by atoms with Crippen LogP contribution in [-0.4, -0.2) is 33.5 Å². The summed E-state index contributed by atoms with van der Waals surface area (Å²) in [5, 5.41) is 29.4. The van der Waals surface area contributed by atoms with E-state index < -0.39 is 24.6 Å². The van der Waals surface area contributed by atoms with Gasteiger partial charge in [-0.25, -0.2) is 0 Å². The fourth-order valence-corrected chi connectivity index (χ4v) is 5.76. The lowest BCUT2D eigenvalue weighted by atomic mass is 9.93. The average Bonchev–Trinajstić information content (AvgIpc) is 3.28. The van der Waals surface area contributed by atoms with E-state index in [0.717, 1.165) is 38.3 Å². The molecule has 0 aliphatic rings. The molecule has 4 rings (SSSR count). The molecule has 5 heteroatoms. The second kappa shape index (κ2) is 12.2. The number of rotatable bonds is 10. The first kappa shape index (κ1) is 26.6. The van der Waals surface area contributed by atoms with Crippen LogP contribution in [0.2, 0.25) is 0 Å².